The second-order valence-corrected chi connectivity index (χ2v) is 9.50. The van der Waals surface area contributed by atoms with E-state index in [9.17, 15) is 18.0 Å². The van der Waals surface area contributed by atoms with E-state index in [0.29, 0.717) is 18.7 Å². The molecule has 5 N–H and O–H groups in total. The lowest BCUT2D eigenvalue weighted by Gasteiger charge is -2.10. The molecule has 11 heteroatoms. The Morgan fingerprint density at radius 3 is 2.59 bits per heavy atom. The van der Waals surface area contributed by atoms with Crippen LogP contribution in [0, 0.1) is 6.92 Å². The highest BCUT2D eigenvalue weighted by molar-refractivity contribution is 9.10. The van der Waals surface area contributed by atoms with Gasteiger partial charge in [-0.1, -0.05) is 22.0 Å². The third kappa shape index (κ3) is 6.94. The van der Waals surface area contributed by atoms with Gasteiger partial charge in [0.05, 0.1) is 6.54 Å². The molecule has 0 fully saturated rings. The molecular formula is C16H19BrN4O4S2. The fourth-order valence-electron chi connectivity index (χ4n) is 2.09. The predicted octanol–water partition coefficient (Wildman–Crippen LogP) is 1.95. The van der Waals surface area contributed by atoms with Crippen molar-refractivity contribution in [2.75, 3.05) is 18.4 Å². The summed E-state index contributed by atoms with van der Waals surface area (Å²) in [5.41, 5.74) is 1.57. The molecule has 0 unspecified atom stereocenters. The number of thiophene rings is 1. The molecule has 2 rings (SSSR count). The van der Waals surface area contributed by atoms with E-state index in [2.05, 4.69) is 31.9 Å². The van der Waals surface area contributed by atoms with Crippen LogP contribution in [0.1, 0.15) is 10.4 Å². The first-order chi connectivity index (χ1) is 12.6. The van der Waals surface area contributed by atoms with Crippen molar-refractivity contribution >= 4 is 54.9 Å². The molecule has 27 heavy (non-hydrogen) atoms. The second-order valence-electron chi connectivity index (χ2n) is 5.63. The van der Waals surface area contributed by atoms with Crippen LogP contribution in [0.15, 0.2) is 39.0 Å². The van der Waals surface area contributed by atoms with Crippen LogP contribution >= 0.6 is 27.3 Å². The Kier molecular flexibility index (Phi) is 7.36. The van der Waals surface area contributed by atoms with Crippen molar-refractivity contribution in [2.24, 2.45) is 5.14 Å². The van der Waals surface area contributed by atoms with Gasteiger partial charge in [0.25, 0.3) is 0 Å². The monoisotopic (exact) mass is 474 g/mol. The van der Waals surface area contributed by atoms with Crippen molar-refractivity contribution < 1.29 is 18.0 Å². The fourth-order valence-corrected chi connectivity index (χ4v) is 4.23. The maximum absolute atomic E-state index is 11.9. The van der Waals surface area contributed by atoms with Crippen LogP contribution in [-0.2, 0) is 21.2 Å². The number of hydrogen-bond acceptors (Lipinski definition) is 5. The van der Waals surface area contributed by atoms with Gasteiger partial charge in [-0.2, -0.15) is 0 Å². The van der Waals surface area contributed by atoms with Gasteiger partial charge in [0.2, 0.25) is 15.9 Å². The van der Waals surface area contributed by atoms with Crippen LogP contribution in [0.4, 0.5) is 10.5 Å². The highest BCUT2D eigenvalue weighted by Crippen LogP contribution is 2.21. The summed E-state index contributed by atoms with van der Waals surface area (Å²) in [6, 6.07) is 8.12. The number of benzene rings is 1. The van der Waals surface area contributed by atoms with Crippen molar-refractivity contribution in [1.29, 1.82) is 0 Å². The molecule has 0 radical (unpaired) electrons. The lowest BCUT2D eigenvalue weighted by atomic mass is 10.2. The van der Waals surface area contributed by atoms with Crippen molar-refractivity contribution in [2.45, 2.75) is 17.6 Å². The fraction of sp³-hybridized carbons (Fsp3) is 0.250. The number of carbonyl (C=O) groups is 2. The molecule has 0 saturated heterocycles. The minimum atomic E-state index is -3.70. The number of anilines is 1. The zero-order valence-corrected chi connectivity index (χ0v) is 17.6. The van der Waals surface area contributed by atoms with Crippen LogP contribution in [0.5, 0.6) is 0 Å². The number of urea groups is 1. The molecule has 0 saturated carbocycles. The number of primary sulfonamides is 1. The van der Waals surface area contributed by atoms with E-state index in [0.717, 1.165) is 26.3 Å². The molecule has 3 amide bonds. The number of halogens is 1. The number of amides is 3. The van der Waals surface area contributed by atoms with Crippen LogP contribution in [0.2, 0.25) is 0 Å². The smallest absolute Gasteiger partial charge is 0.315 e. The Morgan fingerprint density at radius 2 is 1.93 bits per heavy atom. The van der Waals surface area contributed by atoms with E-state index in [4.69, 9.17) is 5.14 Å². The Hall–Kier alpha value is -1.95. The minimum absolute atomic E-state index is 0.0847. The number of aryl methyl sites for hydroxylation is 1. The van der Waals surface area contributed by atoms with E-state index < -0.39 is 16.1 Å². The van der Waals surface area contributed by atoms with Gasteiger partial charge in [0, 0.05) is 21.6 Å². The third-order valence-electron chi connectivity index (χ3n) is 3.46. The van der Waals surface area contributed by atoms with Gasteiger partial charge in [-0.25, -0.2) is 18.4 Å². The maximum Gasteiger partial charge on any atom is 0.315 e. The van der Waals surface area contributed by atoms with Crippen LogP contribution in [-0.4, -0.2) is 33.4 Å². The molecule has 1 aromatic carbocycles. The Morgan fingerprint density at radius 1 is 1.19 bits per heavy atom. The second kappa shape index (κ2) is 9.31. The highest BCUT2D eigenvalue weighted by Gasteiger charge is 2.11. The first-order valence-corrected chi connectivity index (χ1v) is 11.0. The first-order valence-electron chi connectivity index (χ1n) is 7.84. The summed E-state index contributed by atoms with van der Waals surface area (Å²) in [7, 11) is -3.70. The number of hydrogen-bond donors (Lipinski definition) is 4. The Labute approximate surface area is 169 Å². The van der Waals surface area contributed by atoms with E-state index in [1.807, 2.05) is 19.1 Å². The quantitative estimate of drug-likeness (QED) is 0.488. The van der Waals surface area contributed by atoms with Crippen molar-refractivity contribution in [3.05, 3.63) is 45.2 Å². The minimum Gasteiger partial charge on any atom is -0.338 e. The maximum atomic E-state index is 11.9. The van der Waals surface area contributed by atoms with Gasteiger partial charge in [0.15, 0.2) is 0 Å². The first kappa shape index (κ1) is 21.4. The summed E-state index contributed by atoms with van der Waals surface area (Å²) >= 11 is 4.40. The summed E-state index contributed by atoms with van der Waals surface area (Å²) in [4.78, 5) is 24.5. The van der Waals surface area contributed by atoms with E-state index in [1.165, 1.54) is 6.07 Å². The van der Waals surface area contributed by atoms with Crippen LogP contribution < -0.4 is 21.1 Å². The average molecular weight is 475 g/mol. The molecule has 0 spiro atoms. The van der Waals surface area contributed by atoms with E-state index in [-0.39, 0.29) is 16.7 Å². The van der Waals surface area contributed by atoms with Crippen LogP contribution in [0.3, 0.4) is 0 Å². The third-order valence-corrected chi connectivity index (χ3v) is 6.53. The lowest BCUT2D eigenvalue weighted by Crippen LogP contribution is -2.40. The summed E-state index contributed by atoms with van der Waals surface area (Å²) < 4.78 is 23.4. The molecule has 0 aliphatic heterocycles. The highest BCUT2D eigenvalue weighted by atomic mass is 79.9. The molecule has 1 aromatic heterocycles. The normalized spacial score (nSPS) is 11.1. The summed E-state index contributed by atoms with van der Waals surface area (Å²) in [6.07, 6.45) is 0.455. The van der Waals surface area contributed by atoms with Gasteiger partial charge >= 0.3 is 6.03 Å². The van der Waals surface area contributed by atoms with Gasteiger partial charge in [-0.3, -0.25) is 4.79 Å². The average Bonchev–Trinajstić information content (AvgIpc) is 3.05. The van der Waals surface area contributed by atoms with Gasteiger partial charge in [-0.05, 0) is 43.2 Å². The SMILES string of the molecule is Cc1ccc(Br)cc1NC(=O)CNC(=O)NCCc1ccc(S(N)(=O)=O)s1. The van der Waals surface area contributed by atoms with Crippen molar-refractivity contribution in [3.63, 3.8) is 0 Å². The van der Waals surface area contributed by atoms with Crippen molar-refractivity contribution in [3.8, 4) is 0 Å². The molecule has 2 aromatic rings. The number of rotatable bonds is 7. The van der Waals surface area contributed by atoms with Gasteiger partial charge < -0.3 is 16.0 Å². The molecular weight excluding hydrogens is 456 g/mol. The summed E-state index contributed by atoms with van der Waals surface area (Å²) in [5, 5.41) is 12.9. The molecule has 0 atom stereocenters. The van der Waals surface area contributed by atoms with E-state index in [1.54, 1.807) is 12.1 Å². The molecule has 8 nitrogen and oxygen atoms in total. The van der Waals surface area contributed by atoms with Gasteiger partial charge in [0.1, 0.15) is 4.21 Å². The number of nitrogens with one attached hydrogen (secondary N) is 3. The lowest BCUT2D eigenvalue weighted by molar-refractivity contribution is -0.115. The van der Waals surface area contributed by atoms with Crippen molar-refractivity contribution in [1.82, 2.24) is 10.6 Å². The molecule has 0 aliphatic carbocycles. The van der Waals surface area contributed by atoms with E-state index >= 15 is 0 Å². The Bertz CT molecular complexity index is 944. The Balaban J connectivity index is 1.72. The molecule has 0 aliphatic rings. The summed E-state index contributed by atoms with van der Waals surface area (Å²) in [5.74, 6) is -0.345. The molecule has 1 heterocycles. The standard InChI is InChI=1S/C16H19BrN4O4S2/c1-10-2-3-11(17)8-13(10)21-14(22)9-20-16(23)19-7-6-12-4-5-15(26-12)27(18,24)25/h2-5,8H,6-7,9H2,1H3,(H,21,22)(H2,18,24,25)(H2,19,20,23). The molecule has 0 bridgehead atoms. The number of sulfonamides is 1. The zero-order chi connectivity index (χ0) is 20.0. The molecule has 146 valence electrons. The topological polar surface area (TPSA) is 130 Å². The zero-order valence-electron chi connectivity index (χ0n) is 14.4. The van der Waals surface area contributed by atoms with Crippen LogP contribution in [0.25, 0.3) is 0 Å². The predicted molar refractivity (Wildman–Crippen MR) is 108 cm³/mol. The number of nitrogens with two attached hydrogens (primary N) is 1. The number of carbonyl (C=O) groups excluding carboxylic acids is 2. The van der Waals surface area contributed by atoms with Gasteiger partial charge in [-0.15, -0.1) is 11.3 Å². The largest absolute Gasteiger partial charge is 0.338 e. The summed E-state index contributed by atoms with van der Waals surface area (Å²) in [6.45, 7) is 1.99.